The molecule has 5 heteroatoms. The average molecular weight is 346 g/mol. The largest absolute Gasteiger partial charge is 0.497 e. The minimum absolute atomic E-state index is 0.523. The second-order valence-corrected chi connectivity index (χ2v) is 6.81. The van der Waals surface area contributed by atoms with Crippen molar-refractivity contribution in [3.8, 4) is 11.8 Å². The number of anilines is 3. The summed E-state index contributed by atoms with van der Waals surface area (Å²) in [5.74, 6) is 0.747. The highest BCUT2D eigenvalue weighted by Gasteiger charge is 2.19. The zero-order chi connectivity index (χ0) is 18.9. The Morgan fingerprint density at radius 2 is 1.85 bits per heavy atom. The smallest absolute Gasteiger partial charge is 0.119 e. The molecule has 2 aromatic carbocycles. The van der Waals surface area contributed by atoms with E-state index in [0.717, 1.165) is 39.3 Å². The Kier molecular flexibility index (Phi) is 4.43. The lowest BCUT2D eigenvalue weighted by Crippen LogP contribution is -2.13. The van der Waals surface area contributed by atoms with Crippen molar-refractivity contribution < 1.29 is 4.74 Å². The number of nitrogen functional groups attached to an aromatic ring is 1. The number of benzene rings is 2. The molecule has 0 aliphatic rings. The number of methoxy groups -OCH3 is 1. The molecule has 0 saturated carbocycles. The summed E-state index contributed by atoms with van der Waals surface area (Å²) in [7, 11) is 1.63. The van der Waals surface area contributed by atoms with Gasteiger partial charge in [0.2, 0.25) is 0 Å². The van der Waals surface area contributed by atoms with Crippen LogP contribution in [-0.4, -0.2) is 12.1 Å². The van der Waals surface area contributed by atoms with Gasteiger partial charge >= 0.3 is 0 Å². The third kappa shape index (κ3) is 3.14. The van der Waals surface area contributed by atoms with Gasteiger partial charge in [-0.25, -0.2) is 0 Å². The monoisotopic (exact) mass is 346 g/mol. The number of aromatic nitrogens is 1. The third-order valence-corrected chi connectivity index (χ3v) is 4.58. The zero-order valence-corrected chi connectivity index (χ0v) is 15.4. The third-order valence-electron chi connectivity index (χ3n) is 4.58. The van der Waals surface area contributed by atoms with E-state index in [9.17, 15) is 5.26 Å². The molecule has 1 heterocycles. The molecule has 0 unspecified atom stereocenters. The van der Waals surface area contributed by atoms with Crippen molar-refractivity contribution in [2.24, 2.45) is 0 Å². The highest BCUT2D eigenvalue weighted by Crippen LogP contribution is 2.35. The highest BCUT2D eigenvalue weighted by atomic mass is 16.5. The van der Waals surface area contributed by atoms with Gasteiger partial charge in [-0.3, -0.25) is 4.98 Å². The summed E-state index contributed by atoms with van der Waals surface area (Å²) in [5, 5.41) is 13.6. The normalized spacial score (nSPS) is 11.2. The molecule has 3 aromatic rings. The molecule has 0 aliphatic carbocycles. The summed E-state index contributed by atoms with van der Waals surface area (Å²) < 4.78 is 5.34. The van der Waals surface area contributed by atoms with Crippen LogP contribution in [0, 0.1) is 18.3 Å². The first-order chi connectivity index (χ1) is 12.4. The predicted octanol–water partition coefficient (Wildman–Crippen LogP) is 4.68. The lowest BCUT2D eigenvalue weighted by molar-refractivity contribution is 0.415. The van der Waals surface area contributed by atoms with Gasteiger partial charge in [-0.1, -0.05) is 12.1 Å². The highest BCUT2D eigenvalue weighted by molar-refractivity contribution is 6.00. The molecule has 1 aromatic heterocycles. The fourth-order valence-electron chi connectivity index (χ4n) is 2.82. The second-order valence-electron chi connectivity index (χ2n) is 6.81. The van der Waals surface area contributed by atoms with Crippen LogP contribution in [0.4, 0.5) is 17.1 Å². The Morgan fingerprint density at radius 1 is 1.15 bits per heavy atom. The Hall–Kier alpha value is -3.26. The summed E-state index contributed by atoms with van der Waals surface area (Å²) in [6.45, 7) is 5.70. The number of hydrogen-bond acceptors (Lipinski definition) is 5. The van der Waals surface area contributed by atoms with Gasteiger partial charge < -0.3 is 15.8 Å². The Bertz CT molecular complexity index is 1000. The lowest BCUT2D eigenvalue weighted by Gasteiger charge is -2.18. The number of hydrogen-bond donors (Lipinski definition) is 2. The molecule has 0 radical (unpaired) electrons. The molecule has 5 nitrogen and oxygen atoms in total. The number of rotatable bonds is 4. The van der Waals surface area contributed by atoms with Crippen LogP contribution in [0.15, 0.2) is 42.5 Å². The quantitative estimate of drug-likeness (QED) is 0.716. The van der Waals surface area contributed by atoms with Crippen molar-refractivity contribution in [3.63, 3.8) is 0 Å². The number of nitriles is 1. The molecule has 0 bridgehead atoms. The Labute approximate surface area is 153 Å². The number of nitrogens with zero attached hydrogens (tertiary/aromatic N) is 2. The van der Waals surface area contributed by atoms with E-state index in [4.69, 9.17) is 10.5 Å². The van der Waals surface area contributed by atoms with Gasteiger partial charge in [0.1, 0.15) is 5.75 Å². The number of aryl methyl sites for hydroxylation is 1. The number of ether oxygens (including phenoxy) is 1. The van der Waals surface area contributed by atoms with Crippen molar-refractivity contribution in [2.45, 2.75) is 26.2 Å². The average Bonchev–Trinajstić information content (AvgIpc) is 2.65. The van der Waals surface area contributed by atoms with E-state index in [1.165, 1.54) is 0 Å². The van der Waals surface area contributed by atoms with Crippen molar-refractivity contribution in [1.29, 1.82) is 5.26 Å². The van der Waals surface area contributed by atoms with Gasteiger partial charge in [-0.05, 0) is 56.7 Å². The fourth-order valence-corrected chi connectivity index (χ4v) is 2.82. The maximum Gasteiger partial charge on any atom is 0.119 e. The predicted molar refractivity (Wildman–Crippen MR) is 106 cm³/mol. The summed E-state index contributed by atoms with van der Waals surface area (Å²) in [6.07, 6.45) is 0. The van der Waals surface area contributed by atoms with Gasteiger partial charge in [0.25, 0.3) is 0 Å². The van der Waals surface area contributed by atoms with E-state index in [-0.39, 0.29) is 0 Å². The van der Waals surface area contributed by atoms with Gasteiger partial charge in [-0.2, -0.15) is 5.26 Å². The van der Waals surface area contributed by atoms with Crippen LogP contribution in [0.1, 0.15) is 25.1 Å². The lowest BCUT2D eigenvalue weighted by atomic mass is 9.86. The summed E-state index contributed by atoms with van der Waals surface area (Å²) in [4.78, 5) is 4.55. The van der Waals surface area contributed by atoms with E-state index in [2.05, 4.69) is 16.4 Å². The van der Waals surface area contributed by atoms with E-state index >= 15 is 0 Å². The van der Waals surface area contributed by atoms with Crippen molar-refractivity contribution in [3.05, 3.63) is 53.7 Å². The number of pyridine rings is 1. The number of nitrogens with two attached hydrogens (primary N) is 1. The van der Waals surface area contributed by atoms with E-state index in [1.54, 1.807) is 7.11 Å². The fraction of sp³-hybridized carbons (Fsp3) is 0.238. The van der Waals surface area contributed by atoms with Crippen LogP contribution in [0.25, 0.3) is 10.9 Å². The first kappa shape index (κ1) is 17.6. The molecular formula is C21H22N4O. The molecule has 0 saturated heterocycles. The van der Waals surface area contributed by atoms with Crippen molar-refractivity contribution in [1.82, 2.24) is 4.98 Å². The molecule has 0 aliphatic heterocycles. The second kappa shape index (κ2) is 6.57. The molecule has 0 amide bonds. The molecule has 3 N–H and O–H groups in total. The van der Waals surface area contributed by atoms with E-state index < -0.39 is 5.41 Å². The maximum atomic E-state index is 9.29. The molecule has 0 fully saturated rings. The summed E-state index contributed by atoms with van der Waals surface area (Å²) in [6, 6.07) is 15.9. The van der Waals surface area contributed by atoms with Crippen molar-refractivity contribution >= 4 is 28.0 Å². The molecule has 132 valence electrons. The van der Waals surface area contributed by atoms with Crippen LogP contribution >= 0.6 is 0 Å². The van der Waals surface area contributed by atoms with Crippen LogP contribution in [0.2, 0.25) is 0 Å². The van der Waals surface area contributed by atoms with Gasteiger partial charge in [-0.15, -0.1) is 0 Å². The first-order valence-electron chi connectivity index (χ1n) is 8.38. The maximum absolute atomic E-state index is 9.29. The van der Waals surface area contributed by atoms with Crippen LogP contribution in [0.3, 0.4) is 0 Å². The number of fused-ring (bicyclic) bond motifs is 1. The summed E-state index contributed by atoms with van der Waals surface area (Å²) >= 11 is 0. The van der Waals surface area contributed by atoms with E-state index in [1.807, 2.05) is 63.2 Å². The van der Waals surface area contributed by atoms with E-state index in [0.29, 0.717) is 5.69 Å². The summed E-state index contributed by atoms with van der Waals surface area (Å²) in [5.41, 5.74) is 10.7. The van der Waals surface area contributed by atoms with Gasteiger partial charge in [0, 0.05) is 11.1 Å². The zero-order valence-electron chi connectivity index (χ0n) is 15.4. The van der Waals surface area contributed by atoms with Crippen LogP contribution < -0.4 is 15.8 Å². The van der Waals surface area contributed by atoms with Gasteiger partial charge in [0.15, 0.2) is 0 Å². The Morgan fingerprint density at radius 3 is 2.46 bits per heavy atom. The number of nitrogens with one attached hydrogen (secondary N) is 1. The molecule has 0 atom stereocenters. The minimum Gasteiger partial charge on any atom is -0.497 e. The standard InChI is InChI=1S/C21H22N4O/c1-13-19(23)20(17-11-16(26-4)9-10-18(17)24-13)25-15-7-5-14(6-8-15)21(2,3)12-22/h5-11H,23H2,1-4H3,(H,24,25). The minimum atomic E-state index is -0.523. The molecule has 26 heavy (non-hydrogen) atoms. The van der Waals surface area contributed by atoms with Crippen LogP contribution in [0.5, 0.6) is 5.75 Å². The molecule has 3 rings (SSSR count). The molecular weight excluding hydrogens is 324 g/mol. The van der Waals surface area contributed by atoms with Crippen LogP contribution in [-0.2, 0) is 5.41 Å². The van der Waals surface area contributed by atoms with Crippen molar-refractivity contribution in [2.75, 3.05) is 18.2 Å². The first-order valence-corrected chi connectivity index (χ1v) is 8.38. The Balaban J connectivity index is 2.05. The SMILES string of the molecule is COc1ccc2nc(C)c(N)c(Nc3ccc(C(C)(C)C#N)cc3)c2c1. The van der Waals surface area contributed by atoms with Gasteiger partial charge in [0.05, 0.1) is 41.2 Å². The topological polar surface area (TPSA) is 84.0 Å². The molecule has 0 spiro atoms.